The maximum absolute atomic E-state index is 13.2. The fourth-order valence-electron chi connectivity index (χ4n) is 3.55. The number of ether oxygens (including phenoxy) is 3. The van der Waals surface area contributed by atoms with Crippen molar-refractivity contribution in [3.05, 3.63) is 53.1 Å². The van der Waals surface area contributed by atoms with Gasteiger partial charge in [0.15, 0.2) is 16.6 Å². The van der Waals surface area contributed by atoms with Crippen molar-refractivity contribution in [1.29, 1.82) is 0 Å². The lowest BCUT2D eigenvalue weighted by Gasteiger charge is -2.21. The van der Waals surface area contributed by atoms with E-state index in [1.165, 1.54) is 11.3 Å². The maximum Gasteiger partial charge on any atom is 0.252 e. The summed E-state index contributed by atoms with van der Waals surface area (Å²) >= 11 is 7.75. The van der Waals surface area contributed by atoms with Crippen LogP contribution >= 0.6 is 22.9 Å². The fraction of sp³-hybridized carbons (Fsp3) is 0.273. The molecule has 1 fully saturated rings. The molecule has 1 aromatic heterocycles. The number of hydrogen-bond donors (Lipinski definition) is 0. The Labute approximate surface area is 182 Å². The second-order valence-corrected chi connectivity index (χ2v) is 8.53. The van der Waals surface area contributed by atoms with Crippen molar-refractivity contribution in [3.8, 4) is 11.5 Å². The van der Waals surface area contributed by atoms with Crippen LogP contribution in [0.4, 0.5) is 5.13 Å². The first kappa shape index (κ1) is 19.4. The molecule has 30 heavy (non-hydrogen) atoms. The number of carbonyl (C=O) groups is 1. The third-order valence-corrected chi connectivity index (χ3v) is 6.43. The van der Waals surface area contributed by atoms with Gasteiger partial charge in [-0.1, -0.05) is 35.1 Å². The molecule has 0 saturated carbocycles. The zero-order valence-electron chi connectivity index (χ0n) is 16.0. The number of amides is 1. The SMILES string of the molecule is O=C(/C=C/c1ccc2c(c1)OCO2)N(CC1CCCO1)c1nc2c(Cl)cccc2s1. The molecule has 0 N–H and O–H groups in total. The van der Waals surface area contributed by atoms with Gasteiger partial charge in [-0.25, -0.2) is 4.98 Å². The molecular formula is C22H19ClN2O4S. The van der Waals surface area contributed by atoms with Crippen LogP contribution in [0.5, 0.6) is 11.5 Å². The average Bonchev–Trinajstić information content (AvgIpc) is 3.50. The number of thiazole rings is 1. The van der Waals surface area contributed by atoms with Crippen molar-refractivity contribution >= 4 is 50.3 Å². The summed E-state index contributed by atoms with van der Waals surface area (Å²) < 4.78 is 17.5. The van der Waals surface area contributed by atoms with E-state index in [9.17, 15) is 4.79 Å². The van der Waals surface area contributed by atoms with Gasteiger partial charge in [-0.3, -0.25) is 9.69 Å². The molecule has 154 valence electrons. The number of hydrogen-bond acceptors (Lipinski definition) is 6. The number of benzene rings is 2. The lowest BCUT2D eigenvalue weighted by atomic mass is 10.2. The first-order valence-corrected chi connectivity index (χ1v) is 10.9. The second-order valence-electron chi connectivity index (χ2n) is 7.11. The highest BCUT2D eigenvalue weighted by Gasteiger charge is 2.25. The summed E-state index contributed by atoms with van der Waals surface area (Å²) in [5.41, 5.74) is 1.57. The minimum absolute atomic E-state index is 0.00961. The normalized spacial score (nSPS) is 17.8. The van der Waals surface area contributed by atoms with E-state index < -0.39 is 0 Å². The fourth-order valence-corrected chi connectivity index (χ4v) is 4.83. The van der Waals surface area contributed by atoms with Crippen LogP contribution in [0.15, 0.2) is 42.5 Å². The summed E-state index contributed by atoms with van der Waals surface area (Å²) in [5.74, 6) is 1.24. The Morgan fingerprint density at radius 1 is 1.27 bits per heavy atom. The van der Waals surface area contributed by atoms with Gasteiger partial charge in [0, 0.05) is 12.7 Å². The highest BCUT2D eigenvalue weighted by molar-refractivity contribution is 7.22. The van der Waals surface area contributed by atoms with E-state index in [0.29, 0.717) is 33.7 Å². The molecule has 1 saturated heterocycles. The second kappa shape index (κ2) is 8.26. The largest absolute Gasteiger partial charge is 0.454 e. The molecule has 1 amide bonds. The van der Waals surface area contributed by atoms with E-state index >= 15 is 0 Å². The van der Waals surface area contributed by atoms with Crippen LogP contribution in [0, 0.1) is 0 Å². The third kappa shape index (κ3) is 3.88. The number of aromatic nitrogens is 1. The Bertz CT molecular complexity index is 1120. The molecule has 8 heteroatoms. The molecule has 2 aromatic carbocycles. The van der Waals surface area contributed by atoms with E-state index in [1.807, 2.05) is 30.3 Å². The monoisotopic (exact) mass is 442 g/mol. The number of carbonyl (C=O) groups excluding carboxylic acids is 1. The molecule has 0 bridgehead atoms. The lowest BCUT2D eigenvalue weighted by Crippen LogP contribution is -2.36. The van der Waals surface area contributed by atoms with Crippen LogP contribution < -0.4 is 14.4 Å². The predicted octanol–water partition coefficient (Wildman–Crippen LogP) is 4.90. The molecular weight excluding hydrogens is 424 g/mol. The van der Waals surface area contributed by atoms with Crippen LogP contribution in [0.2, 0.25) is 5.02 Å². The van der Waals surface area contributed by atoms with Crippen molar-refractivity contribution in [3.63, 3.8) is 0 Å². The standard InChI is InChI=1S/C22H19ClN2O4S/c23-16-4-1-5-19-21(16)24-22(30-19)25(12-15-3-2-10-27-15)20(26)9-7-14-6-8-17-18(11-14)29-13-28-17/h1,4-9,11,15H,2-3,10,12-13H2/b9-7+. The molecule has 3 heterocycles. The van der Waals surface area contributed by atoms with Crippen molar-refractivity contribution in [2.45, 2.75) is 18.9 Å². The molecule has 1 atom stereocenters. The Hall–Kier alpha value is -2.61. The van der Waals surface area contributed by atoms with Gasteiger partial charge in [0.1, 0.15) is 5.52 Å². The Kier molecular flexibility index (Phi) is 5.33. The van der Waals surface area contributed by atoms with Gasteiger partial charge in [0.25, 0.3) is 5.91 Å². The number of fused-ring (bicyclic) bond motifs is 2. The molecule has 3 aromatic rings. The molecule has 5 rings (SSSR count). The quantitative estimate of drug-likeness (QED) is 0.526. The smallest absolute Gasteiger partial charge is 0.252 e. The molecule has 0 spiro atoms. The van der Waals surface area contributed by atoms with E-state index in [-0.39, 0.29) is 18.8 Å². The number of nitrogens with zero attached hydrogens (tertiary/aromatic N) is 2. The summed E-state index contributed by atoms with van der Waals surface area (Å²) in [5, 5.41) is 1.20. The highest BCUT2D eigenvalue weighted by Crippen LogP contribution is 2.34. The number of halogens is 1. The van der Waals surface area contributed by atoms with Crippen LogP contribution in [-0.4, -0.2) is 36.9 Å². The topological polar surface area (TPSA) is 60.9 Å². The Morgan fingerprint density at radius 2 is 2.17 bits per heavy atom. The van der Waals surface area contributed by atoms with E-state index in [0.717, 1.165) is 29.7 Å². The van der Waals surface area contributed by atoms with Gasteiger partial charge < -0.3 is 14.2 Å². The molecule has 0 radical (unpaired) electrons. The van der Waals surface area contributed by atoms with Crippen molar-refractivity contribution in [2.75, 3.05) is 24.8 Å². The molecule has 1 unspecified atom stereocenters. The average molecular weight is 443 g/mol. The van der Waals surface area contributed by atoms with Crippen molar-refractivity contribution in [1.82, 2.24) is 4.98 Å². The van der Waals surface area contributed by atoms with Gasteiger partial charge in [0.2, 0.25) is 6.79 Å². The van der Waals surface area contributed by atoms with Gasteiger partial charge in [-0.15, -0.1) is 0 Å². The number of anilines is 1. The van der Waals surface area contributed by atoms with Gasteiger partial charge >= 0.3 is 0 Å². The molecule has 6 nitrogen and oxygen atoms in total. The predicted molar refractivity (Wildman–Crippen MR) is 118 cm³/mol. The van der Waals surface area contributed by atoms with Gasteiger partial charge in [-0.05, 0) is 48.7 Å². The van der Waals surface area contributed by atoms with Crippen LogP contribution in [0.3, 0.4) is 0 Å². The van der Waals surface area contributed by atoms with E-state index in [2.05, 4.69) is 4.98 Å². The highest BCUT2D eigenvalue weighted by atomic mass is 35.5. The van der Waals surface area contributed by atoms with E-state index in [4.69, 9.17) is 25.8 Å². The first-order chi connectivity index (χ1) is 14.7. The summed E-state index contributed by atoms with van der Waals surface area (Å²) in [4.78, 5) is 19.5. The Morgan fingerprint density at radius 3 is 3.00 bits per heavy atom. The molecule has 2 aliphatic heterocycles. The van der Waals surface area contributed by atoms with Crippen LogP contribution in [-0.2, 0) is 9.53 Å². The minimum Gasteiger partial charge on any atom is -0.454 e. The van der Waals surface area contributed by atoms with Crippen molar-refractivity contribution < 1.29 is 19.0 Å². The Balaban J connectivity index is 1.42. The lowest BCUT2D eigenvalue weighted by molar-refractivity contribution is -0.114. The zero-order chi connectivity index (χ0) is 20.5. The summed E-state index contributed by atoms with van der Waals surface area (Å²) in [6.07, 6.45) is 5.27. The molecule has 2 aliphatic rings. The van der Waals surface area contributed by atoms with Crippen LogP contribution in [0.25, 0.3) is 16.3 Å². The zero-order valence-corrected chi connectivity index (χ0v) is 17.6. The first-order valence-electron chi connectivity index (χ1n) is 9.73. The van der Waals surface area contributed by atoms with Crippen LogP contribution in [0.1, 0.15) is 18.4 Å². The molecule has 0 aliphatic carbocycles. The number of rotatable bonds is 5. The van der Waals surface area contributed by atoms with Gasteiger partial charge in [-0.2, -0.15) is 0 Å². The minimum atomic E-state index is -0.154. The number of para-hydroxylation sites is 1. The summed E-state index contributed by atoms with van der Waals surface area (Å²) in [7, 11) is 0. The van der Waals surface area contributed by atoms with Gasteiger partial charge in [0.05, 0.1) is 22.4 Å². The van der Waals surface area contributed by atoms with E-state index in [1.54, 1.807) is 23.1 Å². The summed E-state index contributed by atoms with van der Waals surface area (Å²) in [6.45, 7) is 1.41. The third-order valence-electron chi connectivity index (χ3n) is 5.08. The summed E-state index contributed by atoms with van der Waals surface area (Å²) in [6, 6.07) is 11.2. The maximum atomic E-state index is 13.2. The van der Waals surface area contributed by atoms with Crippen molar-refractivity contribution in [2.24, 2.45) is 0 Å².